The molecule has 0 radical (unpaired) electrons. The van der Waals surface area contributed by atoms with E-state index in [0.29, 0.717) is 12.1 Å². The van der Waals surface area contributed by atoms with Crippen molar-refractivity contribution in [3.63, 3.8) is 0 Å². The lowest BCUT2D eigenvalue weighted by Crippen LogP contribution is -2.39. The van der Waals surface area contributed by atoms with Crippen LogP contribution in [0.4, 0.5) is 0 Å². The number of amides is 1. The number of aromatic nitrogens is 1. The molecule has 1 aromatic heterocycles. The average Bonchev–Trinajstić information content (AvgIpc) is 3.15. The largest absolute Gasteiger partial charge is 0.469 e. The molecule has 0 aliphatic rings. The van der Waals surface area contributed by atoms with E-state index in [1.165, 1.54) is 7.11 Å². The number of hydrogen-bond donors (Lipinski definition) is 0. The molecule has 5 nitrogen and oxygen atoms in total. The fourth-order valence-corrected chi connectivity index (χ4v) is 2.50. The van der Waals surface area contributed by atoms with E-state index in [9.17, 15) is 9.59 Å². The Labute approximate surface area is 142 Å². The second-order valence-corrected chi connectivity index (χ2v) is 5.72. The second kappa shape index (κ2) is 8.34. The van der Waals surface area contributed by atoms with Gasteiger partial charge in [-0.15, -0.1) is 0 Å². The van der Waals surface area contributed by atoms with Crippen molar-refractivity contribution in [3.05, 3.63) is 54.4 Å². The van der Waals surface area contributed by atoms with Crippen LogP contribution in [0.25, 0.3) is 5.69 Å². The highest BCUT2D eigenvalue weighted by Gasteiger charge is 2.21. The average molecular weight is 328 g/mol. The molecule has 0 N–H and O–H groups in total. The minimum atomic E-state index is -0.306. The van der Waals surface area contributed by atoms with E-state index in [2.05, 4.69) is 4.74 Å². The van der Waals surface area contributed by atoms with Gasteiger partial charge in [0.15, 0.2) is 0 Å². The lowest BCUT2D eigenvalue weighted by molar-refractivity contribution is -0.140. The number of methoxy groups -OCH3 is 1. The Morgan fingerprint density at radius 1 is 1.17 bits per heavy atom. The normalized spacial score (nSPS) is 11.8. The number of esters is 1. The Morgan fingerprint density at radius 2 is 1.79 bits per heavy atom. The van der Waals surface area contributed by atoms with Crippen molar-refractivity contribution in [1.29, 1.82) is 0 Å². The van der Waals surface area contributed by atoms with Crippen LogP contribution in [0, 0.1) is 0 Å². The lowest BCUT2D eigenvalue weighted by atomic mass is 10.1. The molecule has 0 aliphatic carbocycles. The van der Waals surface area contributed by atoms with Gasteiger partial charge in [0, 0.05) is 36.2 Å². The van der Waals surface area contributed by atoms with Gasteiger partial charge in [0.05, 0.1) is 13.5 Å². The Bertz CT molecular complexity index is 662. The van der Waals surface area contributed by atoms with Crippen molar-refractivity contribution in [2.75, 3.05) is 13.7 Å². The first-order valence-electron chi connectivity index (χ1n) is 8.18. The van der Waals surface area contributed by atoms with Crippen LogP contribution in [0.1, 0.15) is 37.0 Å². The summed E-state index contributed by atoms with van der Waals surface area (Å²) in [4.78, 5) is 25.9. The maximum Gasteiger partial charge on any atom is 0.307 e. The zero-order valence-electron chi connectivity index (χ0n) is 14.4. The Morgan fingerprint density at radius 3 is 2.33 bits per heavy atom. The summed E-state index contributed by atoms with van der Waals surface area (Å²) in [5, 5.41) is 0. The van der Waals surface area contributed by atoms with Gasteiger partial charge in [0.1, 0.15) is 0 Å². The van der Waals surface area contributed by atoms with Crippen LogP contribution < -0.4 is 0 Å². The van der Waals surface area contributed by atoms with E-state index in [4.69, 9.17) is 0 Å². The van der Waals surface area contributed by atoms with Crippen LogP contribution in [0.2, 0.25) is 0 Å². The van der Waals surface area contributed by atoms with E-state index in [-0.39, 0.29) is 24.3 Å². The molecule has 1 unspecified atom stereocenters. The molecule has 2 aromatic rings. The maximum atomic E-state index is 12.8. The molecule has 2 rings (SSSR count). The summed E-state index contributed by atoms with van der Waals surface area (Å²) in [6.07, 6.45) is 4.94. The molecule has 128 valence electrons. The summed E-state index contributed by atoms with van der Waals surface area (Å²) in [5.74, 6) is -0.369. The summed E-state index contributed by atoms with van der Waals surface area (Å²) in [7, 11) is 1.36. The van der Waals surface area contributed by atoms with Crippen LogP contribution in [-0.2, 0) is 9.53 Å². The number of ether oxygens (including phenoxy) is 1. The van der Waals surface area contributed by atoms with E-state index >= 15 is 0 Å². The van der Waals surface area contributed by atoms with Crippen LogP contribution >= 0.6 is 0 Å². The fourth-order valence-electron chi connectivity index (χ4n) is 2.50. The third kappa shape index (κ3) is 4.25. The molecule has 0 saturated carbocycles. The Hall–Kier alpha value is -2.56. The zero-order chi connectivity index (χ0) is 17.5. The summed E-state index contributed by atoms with van der Waals surface area (Å²) in [6.45, 7) is 4.38. The number of hydrogen-bond acceptors (Lipinski definition) is 3. The lowest BCUT2D eigenvalue weighted by Gasteiger charge is -2.28. The first-order valence-corrected chi connectivity index (χ1v) is 8.18. The zero-order valence-corrected chi connectivity index (χ0v) is 14.4. The van der Waals surface area contributed by atoms with Crippen molar-refractivity contribution in [2.45, 2.75) is 32.7 Å². The van der Waals surface area contributed by atoms with E-state index in [1.54, 1.807) is 4.90 Å². The molecule has 0 fully saturated rings. The maximum absolute atomic E-state index is 12.8. The van der Waals surface area contributed by atoms with Gasteiger partial charge in [-0.25, -0.2) is 0 Å². The van der Waals surface area contributed by atoms with Gasteiger partial charge >= 0.3 is 5.97 Å². The molecule has 1 amide bonds. The van der Waals surface area contributed by atoms with E-state index in [0.717, 1.165) is 12.1 Å². The summed E-state index contributed by atoms with van der Waals surface area (Å²) in [6, 6.07) is 11.5. The van der Waals surface area contributed by atoms with Crippen molar-refractivity contribution >= 4 is 11.9 Å². The SMILES string of the molecule is CCC(C)N(CCC(=O)OC)C(=O)c1ccc(-n2cccc2)cc1. The van der Waals surface area contributed by atoms with Gasteiger partial charge in [0.2, 0.25) is 0 Å². The third-order valence-corrected chi connectivity index (χ3v) is 4.19. The van der Waals surface area contributed by atoms with Gasteiger partial charge < -0.3 is 14.2 Å². The van der Waals surface area contributed by atoms with Gasteiger partial charge in [-0.2, -0.15) is 0 Å². The van der Waals surface area contributed by atoms with Crippen molar-refractivity contribution in [3.8, 4) is 5.69 Å². The molecule has 1 heterocycles. The monoisotopic (exact) mass is 328 g/mol. The minimum Gasteiger partial charge on any atom is -0.469 e. The quantitative estimate of drug-likeness (QED) is 0.733. The summed E-state index contributed by atoms with van der Waals surface area (Å²) in [5.41, 5.74) is 1.62. The fraction of sp³-hybridized carbons (Fsp3) is 0.368. The highest BCUT2D eigenvalue weighted by molar-refractivity contribution is 5.94. The molecule has 0 aliphatic heterocycles. The van der Waals surface area contributed by atoms with Gasteiger partial charge in [-0.3, -0.25) is 9.59 Å². The molecular formula is C19H24N2O3. The highest BCUT2D eigenvalue weighted by Crippen LogP contribution is 2.15. The summed E-state index contributed by atoms with van der Waals surface area (Å²) < 4.78 is 6.66. The Kier molecular flexibility index (Phi) is 6.18. The van der Waals surface area contributed by atoms with Crippen LogP contribution in [-0.4, -0.2) is 41.0 Å². The minimum absolute atomic E-state index is 0.0614. The van der Waals surface area contributed by atoms with Crippen LogP contribution in [0.3, 0.4) is 0 Å². The van der Waals surface area contributed by atoms with Gasteiger partial charge in [-0.05, 0) is 49.7 Å². The molecular weight excluding hydrogens is 304 g/mol. The third-order valence-electron chi connectivity index (χ3n) is 4.19. The van der Waals surface area contributed by atoms with E-state index < -0.39 is 0 Å². The number of rotatable bonds is 7. The number of carbonyl (C=O) groups is 2. The van der Waals surface area contributed by atoms with Crippen molar-refractivity contribution in [2.24, 2.45) is 0 Å². The first-order chi connectivity index (χ1) is 11.6. The van der Waals surface area contributed by atoms with Gasteiger partial charge in [0.25, 0.3) is 5.91 Å². The predicted molar refractivity (Wildman–Crippen MR) is 93.2 cm³/mol. The van der Waals surface area contributed by atoms with Gasteiger partial charge in [-0.1, -0.05) is 6.92 Å². The molecule has 0 bridgehead atoms. The number of benzene rings is 1. The molecule has 1 aromatic carbocycles. The molecule has 1 atom stereocenters. The molecule has 0 saturated heterocycles. The summed E-state index contributed by atoms with van der Waals surface area (Å²) >= 11 is 0. The van der Waals surface area contributed by atoms with Crippen LogP contribution in [0.15, 0.2) is 48.8 Å². The van der Waals surface area contributed by atoms with Crippen molar-refractivity contribution < 1.29 is 14.3 Å². The second-order valence-electron chi connectivity index (χ2n) is 5.72. The highest BCUT2D eigenvalue weighted by atomic mass is 16.5. The van der Waals surface area contributed by atoms with Crippen LogP contribution in [0.5, 0.6) is 0 Å². The first kappa shape index (κ1) is 17.8. The number of carbonyl (C=O) groups excluding carboxylic acids is 2. The molecule has 5 heteroatoms. The van der Waals surface area contributed by atoms with E-state index in [1.807, 2.05) is 67.2 Å². The standard InChI is InChI=1S/C19H24N2O3/c1-4-15(2)21(14-11-18(22)24-3)19(23)16-7-9-17(10-8-16)20-12-5-6-13-20/h5-10,12-13,15H,4,11,14H2,1-3H3. The topological polar surface area (TPSA) is 51.5 Å². The number of nitrogens with zero attached hydrogens (tertiary/aromatic N) is 2. The van der Waals surface area contributed by atoms with Crippen molar-refractivity contribution in [1.82, 2.24) is 9.47 Å². The predicted octanol–water partition coefficient (Wildman–Crippen LogP) is 3.28. The molecule has 24 heavy (non-hydrogen) atoms. The Balaban J connectivity index is 2.14. The smallest absolute Gasteiger partial charge is 0.307 e. The molecule has 0 spiro atoms.